The van der Waals surface area contributed by atoms with Crippen LogP contribution in [0.4, 0.5) is 4.39 Å². The minimum Gasteiger partial charge on any atom is -0.356 e. The fraction of sp³-hybridized carbons (Fsp3) is 0.500. The van der Waals surface area contributed by atoms with Crippen LogP contribution in [0.1, 0.15) is 24.8 Å². The van der Waals surface area contributed by atoms with E-state index in [1.807, 2.05) is 0 Å². The molecule has 1 aromatic rings. The third kappa shape index (κ3) is 3.81. The van der Waals surface area contributed by atoms with Crippen molar-refractivity contribution in [3.05, 3.63) is 35.6 Å². The molecule has 0 aliphatic carbocycles. The number of hydrogen-bond donors (Lipinski definition) is 2. The SMILES string of the molecule is O=C(Cc1ccccc1F)NCCC1CCCN1. The first-order valence-corrected chi connectivity index (χ1v) is 6.49. The predicted molar refractivity (Wildman–Crippen MR) is 68.8 cm³/mol. The summed E-state index contributed by atoms with van der Waals surface area (Å²) in [6.07, 6.45) is 3.46. The van der Waals surface area contributed by atoms with E-state index >= 15 is 0 Å². The number of amides is 1. The van der Waals surface area contributed by atoms with Crippen molar-refractivity contribution in [2.24, 2.45) is 0 Å². The van der Waals surface area contributed by atoms with Gasteiger partial charge in [0.25, 0.3) is 0 Å². The van der Waals surface area contributed by atoms with Crippen molar-refractivity contribution in [3.63, 3.8) is 0 Å². The Hall–Kier alpha value is -1.42. The molecule has 4 heteroatoms. The second-order valence-corrected chi connectivity index (χ2v) is 4.70. The molecule has 0 radical (unpaired) electrons. The summed E-state index contributed by atoms with van der Waals surface area (Å²) in [6, 6.07) is 6.92. The van der Waals surface area contributed by atoms with Crippen LogP contribution in [0, 0.1) is 5.82 Å². The molecule has 0 aromatic heterocycles. The Labute approximate surface area is 107 Å². The number of carbonyl (C=O) groups is 1. The van der Waals surface area contributed by atoms with E-state index in [9.17, 15) is 9.18 Å². The lowest BCUT2D eigenvalue weighted by molar-refractivity contribution is -0.120. The van der Waals surface area contributed by atoms with E-state index in [2.05, 4.69) is 10.6 Å². The van der Waals surface area contributed by atoms with Crippen molar-refractivity contribution in [2.45, 2.75) is 31.7 Å². The molecule has 0 spiro atoms. The van der Waals surface area contributed by atoms with E-state index in [0.29, 0.717) is 18.2 Å². The lowest BCUT2D eigenvalue weighted by Crippen LogP contribution is -2.31. The topological polar surface area (TPSA) is 41.1 Å². The maximum atomic E-state index is 13.3. The molecule has 0 saturated carbocycles. The third-order valence-electron chi connectivity index (χ3n) is 3.29. The number of nitrogens with one attached hydrogen (secondary N) is 2. The Bertz CT molecular complexity index is 403. The Morgan fingerprint density at radius 3 is 3.00 bits per heavy atom. The predicted octanol–water partition coefficient (Wildman–Crippen LogP) is 1.63. The molecule has 2 rings (SSSR count). The quantitative estimate of drug-likeness (QED) is 0.834. The van der Waals surface area contributed by atoms with Crippen LogP contribution in [0.3, 0.4) is 0 Å². The number of carbonyl (C=O) groups excluding carboxylic acids is 1. The number of halogens is 1. The standard InChI is InChI=1S/C14H19FN2O/c15-13-6-2-1-4-11(13)10-14(18)17-9-7-12-5-3-8-16-12/h1-2,4,6,12,16H,3,5,7-10H2,(H,17,18). The van der Waals surface area contributed by atoms with Crippen LogP contribution < -0.4 is 10.6 Å². The molecular formula is C14H19FN2O. The number of hydrogen-bond acceptors (Lipinski definition) is 2. The summed E-state index contributed by atoms with van der Waals surface area (Å²) < 4.78 is 13.3. The average molecular weight is 250 g/mol. The lowest BCUT2D eigenvalue weighted by Gasteiger charge is -2.10. The molecular weight excluding hydrogens is 231 g/mol. The van der Waals surface area contributed by atoms with Crippen LogP contribution in [-0.2, 0) is 11.2 Å². The van der Waals surface area contributed by atoms with Crippen molar-refractivity contribution in [3.8, 4) is 0 Å². The van der Waals surface area contributed by atoms with Gasteiger partial charge in [0, 0.05) is 12.6 Å². The third-order valence-corrected chi connectivity index (χ3v) is 3.29. The molecule has 1 unspecified atom stereocenters. The van der Waals surface area contributed by atoms with Crippen LogP contribution in [0.5, 0.6) is 0 Å². The molecule has 1 amide bonds. The summed E-state index contributed by atoms with van der Waals surface area (Å²) in [4.78, 5) is 11.6. The summed E-state index contributed by atoms with van der Waals surface area (Å²) in [5.74, 6) is -0.428. The van der Waals surface area contributed by atoms with Gasteiger partial charge < -0.3 is 10.6 Å². The molecule has 2 N–H and O–H groups in total. The minimum absolute atomic E-state index is 0.113. The van der Waals surface area contributed by atoms with Crippen LogP contribution in [0.2, 0.25) is 0 Å². The molecule has 0 bridgehead atoms. The van der Waals surface area contributed by atoms with E-state index in [0.717, 1.165) is 13.0 Å². The van der Waals surface area contributed by atoms with Crippen molar-refractivity contribution in [1.82, 2.24) is 10.6 Å². The highest BCUT2D eigenvalue weighted by atomic mass is 19.1. The molecule has 98 valence electrons. The Balaban J connectivity index is 1.70. The first kappa shape index (κ1) is 13.0. The number of rotatable bonds is 5. The Morgan fingerprint density at radius 1 is 1.44 bits per heavy atom. The summed E-state index contributed by atoms with van der Waals surface area (Å²) in [6.45, 7) is 1.73. The average Bonchev–Trinajstić information content (AvgIpc) is 2.85. The number of benzene rings is 1. The van der Waals surface area contributed by atoms with Gasteiger partial charge in [-0.2, -0.15) is 0 Å². The second kappa shape index (κ2) is 6.50. The van der Waals surface area contributed by atoms with E-state index in [4.69, 9.17) is 0 Å². The highest BCUT2D eigenvalue weighted by molar-refractivity contribution is 5.78. The highest BCUT2D eigenvalue weighted by Gasteiger charge is 2.14. The molecule has 1 aromatic carbocycles. The van der Waals surface area contributed by atoms with Gasteiger partial charge in [-0.3, -0.25) is 4.79 Å². The van der Waals surface area contributed by atoms with Gasteiger partial charge in [-0.1, -0.05) is 18.2 Å². The van der Waals surface area contributed by atoms with Gasteiger partial charge >= 0.3 is 0 Å². The van der Waals surface area contributed by atoms with Crippen LogP contribution in [-0.4, -0.2) is 25.0 Å². The van der Waals surface area contributed by atoms with Gasteiger partial charge in [-0.15, -0.1) is 0 Å². The van der Waals surface area contributed by atoms with Gasteiger partial charge in [0.2, 0.25) is 5.91 Å². The fourth-order valence-electron chi connectivity index (χ4n) is 2.27. The van der Waals surface area contributed by atoms with Crippen LogP contribution >= 0.6 is 0 Å². The fourth-order valence-corrected chi connectivity index (χ4v) is 2.27. The van der Waals surface area contributed by atoms with Gasteiger partial charge in [-0.25, -0.2) is 4.39 Å². The monoisotopic (exact) mass is 250 g/mol. The molecule has 1 fully saturated rings. The van der Waals surface area contributed by atoms with Crippen molar-refractivity contribution >= 4 is 5.91 Å². The molecule has 3 nitrogen and oxygen atoms in total. The van der Waals surface area contributed by atoms with Gasteiger partial charge in [-0.05, 0) is 37.4 Å². The molecule has 1 aliphatic rings. The summed E-state index contributed by atoms with van der Waals surface area (Å²) in [5, 5.41) is 6.22. The zero-order valence-corrected chi connectivity index (χ0v) is 10.4. The van der Waals surface area contributed by atoms with Gasteiger partial charge in [0.05, 0.1) is 6.42 Å². The first-order chi connectivity index (χ1) is 8.75. The molecule has 1 heterocycles. The zero-order chi connectivity index (χ0) is 12.8. The highest BCUT2D eigenvalue weighted by Crippen LogP contribution is 2.08. The van der Waals surface area contributed by atoms with Crippen molar-refractivity contribution in [1.29, 1.82) is 0 Å². The molecule has 1 saturated heterocycles. The summed E-state index contributed by atoms with van der Waals surface area (Å²) in [5.41, 5.74) is 0.453. The summed E-state index contributed by atoms with van der Waals surface area (Å²) >= 11 is 0. The largest absolute Gasteiger partial charge is 0.356 e. The Kier molecular flexibility index (Phi) is 4.70. The first-order valence-electron chi connectivity index (χ1n) is 6.49. The summed E-state index contributed by atoms with van der Waals surface area (Å²) in [7, 11) is 0. The maximum absolute atomic E-state index is 13.3. The van der Waals surface area contributed by atoms with Crippen LogP contribution in [0.15, 0.2) is 24.3 Å². The molecule has 1 atom stereocenters. The van der Waals surface area contributed by atoms with E-state index < -0.39 is 0 Å². The minimum atomic E-state index is -0.315. The van der Waals surface area contributed by atoms with Gasteiger partial charge in [0.1, 0.15) is 5.82 Å². The van der Waals surface area contributed by atoms with Crippen LogP contribution in [0.25, 0.3) is 0 Å². The normalized spacial score (nSPS) is 18.8. The van der Waals surface area contributed by atoms with Crippen molar-refractivity contribution < 1.29 is 9.18 Å². The van der Waals surface area contributed by atoms with Gasteiger partial charge in [0.15, 0.2) is 0 Å². The van der Waals surface area contributed by atoms with E-state index in [-0.39, 0.29) is 18.1 Å². The van der Waals surface area contributed by atoms with E-state index in [1.54, 1.807) is 18.2 Å². The Morgan fingerprint density at radius 2 is 2.28 bits per heavy atom. The molecule has 1 aliphatic heterocycles. The van der Waals surface area contributed by atoms with Crippen molar-refractivity contribution in [2.75, 3.05) is 13.1 Å². The lowest BCUT2D eigenvalue weighted by atomic mass is 10.1. The smallest absolute Gasteiger partial charge is 0.224 e. The second-order valence-electron chi connectivity index (χ2n) is 4.70. The van der Waals surface area contributed by atoms with E-state index in [1.165, 1.54) is 18.9 Å². The molecule has 18 heavy (non-hydrogen) atoms. The zero-order valence-electron chi connectivity index (χ0n) is 10.4. The maximum Gasteiger partial charge on any atom is 0.224 e.